The summed E-state index contributed by atoms with van der Waals surface area (Å²) >= 11 is 0. The second-order valence-electron chi connectivity index (χ2n) is 4.56. The van der Waals surface area contributed by atoms with Gasteiger partial charge in [0.05, 0.1) is 0 Å². The number of rotatable bonds is 5. The standard InChI is InChI=1S/C15H16FNO4/c1-10(2)15(20)17-13(18)9-21-14(19)7-6-11-4-3-5-12(16)8-11/h3-8,10H,9H2,1-2H3,(H,17,18,20). The van der Waals surface area contributed by atoms with Gasteiger partial charge in [-0.15, -0.1) is 0 Å². The van der Waals surface area contributed by atoms with Crippen LogP contribution in [0.25, 0.3) is 6.08 Å². The van der Waals surface area contributed by atoms with Crippen molar-refractivity contribution in [2.75, 3.05) is 6.61 Å². The topological polar surface area (TPSA) is 72.5 Å². The third-order valence-electron chi connectivity index (χ3n) is 2.39. The minimum absolute atomic E-state index is 0.336. The Labute approximate surface area is 121 Å². The maximum Gasteiger partial charge on any atom is 0.331 e. The van der Waals surface area contributed by atoms with Crippen LogP contribution in [0.15, 0.2) is 30.3 Å². The monoisotopic (exact) mass is 293 g/mol. The lowest BCUT2D eigenvalue weighted by atomic mass is 10.2. The van der Waals surface area contributed by atoms with Crippen molar-refractivity contribution >= 4 is 23.9 Å². The molecule has 0 saturated heterocycles. The first-order valence-electron chi connectivity index (χ1n) is 6.32. The molecular formula is C15H16FNO4. The lowest BCUT2D eigenvalue weighted by Gasteiger charge is -2.06. The van der Waals surface area contributed by atoms with Crippen LogP contribution in [0.5, 0.6) is 0 Å². The fourth-order valence-electron chi connectivity index (χ4n) is 1.28. The van der Waals surface area contributed by atoms with Crippen LogP contribution in [-0.2, 0) is 19.1 Å². The number of nitrogens with one attached hydrogen (secondary N) is 1. The number of halogens is 1. The van der Waals surface area contributed by atoms with Crippen molar-refractivity contribution < 1.29 is 23.5 Å². The van der Waals surface area contributed by atoms with Gasteiger partial charge in [-0.25, -0.2) is 9.18 Å². The summed E-state index contributed by atoms with van der Waals surface area (Å²) in [4.78, 5) is 33.9. The van der Waals surface area contributed by atoms with Gasteiger partial charge in [-0.2, -0.15) is 0 Å². The van der Waals surface area contributed by atoms with Crippen molar-refractivity contribution in [3.05, 3.63) is 41.7 Å². The van der Waals surface area contributed by atoms with Crippen LogP contribution in [0.2, 0.25) is 0 Å². The molecule has 0 aliphatic heterocycles. The molecule has 0 saturated carbocycles. The normalized spacial score (nSPS) is 10.7. The highest BCUT2D eigenvalue weighted by molar-refractivity contribution is 5.97. The van der Waals surface area contributed by atoms with Gasteiger partial charge in [0.1, 0.15) is 5.82 Å². The molecule has 2 amide bonds. The maximum atomic E-state index is 12.9. The molecule has 5 nitrogen and oxygen atoms in total. The Morgan fingerprint density at radius 2 is 2.05 bits per heavy atom. The largest absolute Gasteiger partial charge is 0.452 e. The number of ether oxygens (including phenoxy) is 1. The molecule has 1 N–H and O–H groups in total. The molecule has 0 aliphatic rings. The third kappa shape index (κ3) is 6.47. The van der Waals surface area contributed by atoms with Crippen molar-refractivity contribution in [2.24, 2.45) is 5.92 Å². The fourth-order valence-corrected chi connectivity index (χ4v) is 1.28. The number of hydrogen-bond donors (Lipinski definition) is 1. The molecule has 112 valence electrons. The van der Waals surface area contributed by atoms with Crippen LogP contribution in [0.1, 0.15) is 19.4 Å². The fraction of sp³-hybridized carbons (Fsp3) is 0.267. The maximum absolute atomic E-state index is 12.9. The average molecular weight is 293 g/mol. The van der Waals surface area contributed by atoms with Crippen LogP contribution >= 0.6 is 0 Å². The van der Waals surface area contributed by atoms with Crippen molar-refractivity contribution in [3.8, 4) is 0 Å². The Balaban J connectivity index is 2.41. The zero-order chi connectivity index (χ0) is 15.8. The second kappa shape index (κ2) is 7.94. The lowest BCUT2D eigenvalue weighted by Crippen LogP contribution is -2.36. The van der Waals surface area contributed by atoms with E-state index in [1.165, 1.54) is 24.3 Å². The van der Waals surface area contributed by atoms with Gasteiger partial charge in [-0.1, -0.05) is 26.0 Å². The molecule has 0 unspecified atom stereocenters. The molecule has 21 heavy (non-hydrogen) atoms. The van der Waals surface area contributed by atoms with Crippen LogP contribution in [0, 0.1) is 11.7 Å². The summed E-state index contributed by atoms with van der Waals surface area (Å²) in [5.41, 5.74) is 0.492. The molecule has 1 rings (SSSR count). The van der Waals surface area contributed by atoms with E-state index in [0.29, 0.717) is 5.56 Å². The highest BCUT2D eigenvalue weighted by atomic mass is 19.1. The van der Waals surface area contributed by atoms with E-state index in [1.54, 1.807) is 19.9 Å². The summed E-state index contributed by atoms with van der Waals surface area (Å²) in [7, 11) is 0. The summed E-state index contributed by atoms with van der Waals surface area (Å²) in [6.45, 7) is 2.72. The van der Waals surface area contributed by atoms with Gasteiger partial charge in [0.15, 0.2) is 6.61 Å². The van der Waals surface area contributed by atoms with E-state index in [9.17, 15) is 18.8 Å². The van der Waals surface area contributed by atoms with E-state index in [-0.39, 0.29) is 5.92 Å². The highest BCUT2D eigenvalue weighted by Crippen LogP contribution is 2.05. The molecule has 1 aromatic carbocycles. The van der Waals surface area contributed by atoms with Gasteiger partial charge in [0.2, 0.25) is 5.91 Å². The molecule has 0 radical (unpaired) electrons. The SMILES string of the molecule is CC(C)C(=O)NC(=O)COC(=O)C=Cc1cccc(F)c1. The average Bonchev–Trinajstić information content (AvgIpc) is 2.42. The van der Waals surface area contributed by atoms with Crippen molar-refractivity contribution in [2.45, 2.75) is 13.8 Å². The molecule has 0 heterocycles. The van der Waals surface area contributed by atoms with Crippen molar-refractivity contribution in [1.29, 1.82) is 0 Å². The summed E-state index contributed by atoms with van der Waals surface area (Å²) in [6.07, 6.45) is 2.44. The molecule has 0 spiro atoms. The van der Waals surface area contributed by atoms with E-state index < -0.39 is 30.2 Å². The van der Waals surface area contributed by atoms with Gasteiger partial charge in [0, 0.05) is 12.0 Å². The van der Waals surface area contributed by atoms with Crippen molar-refractivity contribution in [3.63, 3.8) is 0 Å². The van der Waals surface area contributed by atoms with Crippen LogP contribution in [-0.4, -0.2) is 24.4 Å². The van der Waals surface area contributed by atoms with E-state index in [2.05, 4.69) is 10.1 Å². The number of esters is 1. The first-order chi connectivity index (χ1) is 9.88. The molecule has 0 fully saturated rings. The zero-order valence-corrected chi connectivity index (χ0v) is 11.8. The minimum Gasteiger partial charge on any atom is -0.452 e. The van der Waals surface area contributed by atoms with Crippen molar-refractivity contribution in [1.82, 2.24) is 5.32 Å². The quantitative estimate of drug-likeness (QED) is 0.662. The van der Waals surface area contributed by atoms with Gasteiger partial charge >= 0.3 is 5.97 Å². The Bertz CT molecular complexity index is 567. The first kappa shape index (κ1) is 16.6. The van der Waals surface area contributed by atoms with Gasteiger partial charge in [-0.05, 0) is 23.8 Å². The Morgan fingerprint density at radius 1 is 1.33 bits per heavy atom. The number of carbonyl (C=O) groups excluding carboxylic acids is 3. The summed E-state index contributed by atoms with van der Waals surface area (Å²) in [5, 5.41) is 2.09. The highest BCUT2D eigenvalue weighted by Gasteiger charge is 2.12. The number of amides is 2. The number of benzene rings is 1. The Hall–Kier alpha value is -2.50. The molecule has 6 heteroatoms. The van der Waals surface area contributed by atoms with Crippen LogP contribution in [0.3, 0.4) is 0 Å². The third-order valence-corrected chi connectivity index (χ3v) is 2.39. The van der Waals surface area contributed by atoms with E-state index >= 15 is 0 Å². The van der Waals surface area contributed by atoms with Crippen LogP contribution in [0.4, 0.5) is 4.39 Å². The van der Waals surface area contributed by atoms with Crippen LogP contribution < -0.4 is 5.32 Å². The Kier molecular flexibility index (Phi) is 6.26. The van der Waals surface area contributed by atoms with Gasteiger partial charge < -0.3 is 4.74 Å². The molecular weight excluding hydrogens is 277 g/mol. The summed E-state index contributed by atoms with van der Waals surface area (Å²) < 4.78 is 17.5. The second-order valence-corrected chi connectivity index (χ2v) is 4.56. The molecule has 0 aromatic heterocycles. The number of carbonyl (C=O) groups is 3. The predicted molar refractivity (Wildman–Crippen MR) is 74.4 cm³/mol. The van der Waals surface area contributed by atoms with Gasteiger partial charge in [-0.3, -0.25) is 14.9 Å². The first-order valence-corrected chi connectivity index (χ1v) is 6.32. The number of hydrogen-bond acceptors (Lipinski definition) is 4. The Morgan fingerprint density at radius 3 is 2.67 bits per heavy atom. The van der Waals surface area contributed by atoms with E-state index in [1.807, 2.05) is 0 Å². The molecule has 1 aromatic rings. The van der Waals surface area contributed by atoms with E-state index in [4.69, 9.17) is 0 Å². The molecule has 0 atom stereocenters. The predicted octanol–water partition coefficient (Wildman–Crippen LogP) is 1.68. The molecule has 0 aliphatic carbocycles. The summed E-state index contributed by atoms with van der Waals surface area (Å²) in [5.74, 6) is -2.64. The van der Waals surface area contributed by atoms with E-state index in [0.717, 1.165) is 6.08 Å². The minimum atomic E-state index is -0.758. The smallest absolute Gasteiger partial charge is 0.331 e. The number of imide groups is 1. The summed E-state index contributed by atoms with van der Waals surface area (Å²) in [6, 6.07) is 5.65. The lowest BCUT2D eigenvalue weighted by molar-refractivity contribution is -0.145. The van der Waals surface area contributed by atoms with Gasteiger partial charge in [0.25, 0.3) is 5.91 Å². The zero-order valence-electron chi connectivity index (χ0n) is 11.8. The molecule has 0 bridgehead atoms.